The molecule has 1 aliphatic heterocycles. The molecule has 1 aliphatic rings. The zero-order valence-electron chi connectivity index (χ0n) is 17.7. The van der Waals surface area contributed by atoms with Gasteiger partial charge in [0.2, 0.25) is 11.7 Å². The molecule has 2 aromatic heterocycles. The van der Waals surface area contributed by atoms with Crippen LogP contribution in [0.25, 0.3) is 34.1 Å². The molecule has 0 spiro atoms. The highest BCUT2D eigenvalue weighted by atomic mass is 16.6. The van der Waals surface area contributed by atoms with Gasteiger partial charge in [0.1, 0.15) is 6.04 Å². The van der Waals surface area contributed by atoms with E-state index in [4.69, 9.17) is 9.63 Å². The van der Waals surface area contributed by atoms with Crippen LogP contribution in [0.3, 0.4) is 0 Å². The smallest absolute Gasteiger partial charge is 0.305 e. The first kappa shape index (κ1) is 21.1. The summed E-state index contributed by atoms with van der Waals surface area (Å²) in [6.07, 6.45) is -0.335. The number of aromatic nitrogens is 4. The maximum atomic E-state index is 12.5. The minimum absolute atomic E-state index is 0.0769. The van der Waals surface area contributed by atoms with Gasteiger partial charge in [0.15, 0.2) is 5.82 Å². The highest BCUT2D eigenvalue weighted by Crippen LogP contribution is 2.30. The van der Waals surface area contributed by atoms with Crippen LogP contribution in [-0.2, 0) is 16.1 Å². The molecule has 1 atom stereocenters. The molecule has 0 unspecified atom stereocenters. The number of rotatable bonds is 5. The van der Waals surface area contributed by atoms with E-state index in [1.165, 1.54) is 17.0 Å². The molecule has 34 heavy (non-hydrogen) atoms. The molecule has 0 bridgehead atoms. The molecule has 0 fully saturated rings. The van der Waals surface area contributed by atoms with Gasteiger partial charge in [-0.05, 0) is 29.8 Å². The predicted octanol–water partition coefficient (Wildman–Crippen LogP) is 2.42. The Bertz CT molecular complexity index is 1460. The highest BCUT2D eigenvalue weighted by molar-refractivity contribution is 5.90. The standard InChI is InChI=1S/C21H17N7O6/c1-27-9-11-6-10(2-4-13(11)22-16(21(27)31)8-17(29)30)20-25-19(26-34-20)18-23-14-5-3-12(28(32)33)7-15(14)24-18/h2-7,16,22H,8-9H2,1H3,(H,23,24)(H,29,30)/t16-/m0/s1. The number of H-pyrrole nitrogens is 1. The highest BCUT2D eigenvalue weighted by Gasteiger charge is 2.29. The van der Waals surface area contributed by atoms with Crippen molar-refractivity contribution in [2.75, 3.05) is 12.4 Å². The average molecular weight is 463 g/mol. The Morgan fingerprint density at radius 2 is 2.12 bits per heavy atom. The van der Waals surface area contributed by atoms with E-state index in [0.29, 0.717) is 28.1 Å². The number of amides is 1. The summed E-state index contributed by atoms with van der Waals surface area (Å²) in [4.78, 5) is 47.3. The Morgan fingerprint density at radius 1 is 1.29 bits per heavy atom. The topological polar surface area (TPSA) is 180 Å². The second kappa shape index (κ2) is 7.95. The number of carboxylic acids is 1. The van der Waals surface area contributed by atoms with E-state index in [1.807, 2.05) is 0 Å². The number of nitrogens with one attached hydrogen (secondary N) is 2. The number of anilines is 1. The Balaban J connectivity index is 1.44. The average Bonchev–Trinajstić information content (AvgIpc) is 3.43. The van der Waals surface area contributed by atoms with E-state index in [1.54, 1.807) is 31.3 Å². The van der Waals surface area contributed by atoms with E-state index >= 15 is 0 Å². The van der Waals surface area contributed by atoms with Crippen LogP contribution in [0, 0.1) is 10.1 Å². The number of nitro benzene ring substituents is 1. The number of likely N-dealkylation sites (N-methyl/N-ethyl adjacent to an activating group) is 1. The van der Waals surface area contributed by atoms with Gasteiger partial charge < -0.3 is 24.8 Å². The summed E-state index contributed by atoms with van der Waals surface area (Å²) in [7, 11) is 1.61. The van der Waals surface area contributed by atoms with E-state index in [0.717, 1.165) is 5.56 Å². The lowest BCUT2D eigenvalue weighted by Gasteiger charge is -2.19. The number of benzene rings is 2. The second-order valence-electron chi connectivity index (χ2n) is 7.83. The number of carboxylic acid groups (broad SMARTS) is 1. The summed E-state index contributed by atoms with van der Waals surface area (Å²) in [5.41, 5.74) is 2.92. The molecule has 5 rings (SSSR count). The van der Waals surface area contributed by atoms with Crippen LogP contribution in [0.2, 0.25) is 0 Å². The maximum Gasteiger partial charge on any atom is 0.305 e. The molecule has 3 N–H and O–H groups in total. The van der Waals surface area contributed by atoms with E-state index < -0.39 is 16.9 Å². The van der Waals surface area contributed by atoms with Crippen molar-refractivity contribution < 1.29 is 24.1 Å². The third-order valence-electron chi connectivity index (χ3n) is 5.46. The minimum Gasteiger partial charge on any atom is -0.481 e. The van der Waals surface area contributed by atoms with Crippen molar-refractivity contribution in [3.8, 4) is 23.1 Å². The summed E-state index contributed by atoms with van der Waals surface area (Å²) in [6, 6.07) is 8.65. The fourth-order valence-electron chi connectivity index (χ4n) is 3.81. The lowest BCUT2D eigenvalue weighted by atomic mass is 10.1. The Hall–Kier alpha value is -4.81. The predicted molar refractivity (Wildman–Crippen MR) is 118 cm³/mol. The summed E-state index contributed by atoms with van der Waals surface area (Å²) >= 11 is 0. The van der Waals surface area contributed by atoms with Crippen molar-refractivity contribution >= 4 is 34.3 Å². The third-order valence-corrected chi connectivity index (χ3v) is 5.46. The molecule has 4 aromatic rings. The lowest BCUT2D eigenvalue weighted by Crippen LogP contribution is -2.39. The summed E-state index contributed by atoms with van der Waals surface area (Å²) in [5.74, 6) is -0.702. The van der Waals surface area contributed by atoms with Crippen LogP contribution in [0.1, 0.15) is 12.0 Å². The van der Waals surface area contributed by atoms with Gasteiger partial charge in [-0.2, -0.15) is 4.98 Å². The van der Waals surface area contributed by atoms with Gasteiger partial charge in [-0.15, -0.1) is 0 Å². The van der Waals surface area contributed by atoms with Crippen LogP contribution in [0.4, 0.5) is 11.4 Å². The fourth-order valence-corrected chi connectivity index (χ4v) is 3.81. The maximum absolute atomic E-state index is 12.5. The van der Waals surface area contributed by atoms with Gasteiger partial charge in [0.05, 0.1) is 22.4 Å². The van der Waals surface area contributed by atoms with Crippen molar-refractivity contribution in [2.24, 2.45) is 0 Å². The monoisotopic (exact) mass is 463 g/mol. The molecule has 0 saturated carbocycles. The number of nitrogens with zero attached hydrogens (tertiary/aromatic N) is 5. The molecule has 0 saturated heterocycles. The van der Waals surface area contributed by atoms with Gasteiger partial charge >= 0.3 is 5.97 Å². The third kappa shape index (κ3) is 3.79. The molecular weight excluding hydrogens is 446 g/mol. The largest absolute Gasteiger partial charge is 0.481 e. The summed E-state index contributed by atoms with van der Waals surface area (Å²) in [5, 5.41) is 27.1. The summed E-state index contributed by atoms with van der Waals surface area (Å²) < 4.78 is 5.40. The van der Waals surface area contributed by atoms with Gasteiger partial charge in [-0.25, -0.2) is 4.98 Å². The van der Waals surface area contributed by atoms with E-state index in [-0.39, 0.29) is 36.3 Å². The molecular formula is C21H17N7O6. The number of carbonyl (C=O) groups excluding carboxylic acids is 1. The number of aliphatic carboxylic acids is 1. The van der Waals surface area contributed by atoms with Crippen LogP contribution < -0.4 is 5.32 Å². The number of hydrogen-bond donors (Lipinski definition) is 3. The Morgan fingerprint density at radius 3 is 2.88 bits per heavy atom. The number of aromatic amines is 1. The first-order chi connectivity index (χ1) is 16.3. The SMILES string of the molecule is CN1Cc2cc(-c3nc(-c4nc5cc([N+](=O)[O-])ccc5[nH]4)no3)ccc2N[C@@H](CC(=O)O)C1=O. The molecule has 172 valence electrons. The van der Waals surface area contributed by atoms with Gasteiger partial charge in [0, 0.05) is 37.0 Å². The number of fused-ring (bicyclic) bond motifs is 2. The van der Waals surface area contributed by atoms with Crippen molar-refractivity contribution in [1.29, 1.82) is 0 Å². The van der Waals surface area contributed by atoms with Crippen LogP contribution in [0.5, 0.6) is 0 Å². The normalized spacial score (nSPS) is 15.6. The van der Waals surface area contributed by atoms with Crippen LogP contribution in [-0.4, -0.2) is 60.0 Å². The molecule has 0 aliphatic carbocycles. The molecule has 1 amide bonds. The van der Waals surface area contributed by atoms with Gasteiger partial charge in [-0.3, -0.25) is 19.7 Å². The van der Waals surface area contributed by atoms with Crippen molar-refractivity contribution in [2.45, 2.75) is 19.0 Å². The fraction of sp³-hybridized carbons (Fsp3) is 0.190. The number of nitro groups is 1. The zero-order valence-corrected chi connectivity index (χ0v) is 17.7. The molecule has 3 heterocycles. The minimum atomic E-state index is -1.07. The van der Waals surface area contributed by atoms with Gasteiger partial charge in [-0.1, -0.05) is 5.16 Å². The lowest BCUT2D eigenvalue weighted by molar-refractivity contribution is -0.384. The van der Waals surface area contributed by atoms with Crippen LogP contribution >= 0.6 is 0 Å². The molecule has 0 radical (unpaired) electrons. The first-order valence-electron chi connectivity index (χ1n) is 10.1. The quantitative estimate of drug-likeness (QED) is 0.294. The van der Waals surface area contributed by atoms with E-state index in [9.17, 15) is 19.7 Å². The second-order valence-corrected chi connectivity index (χ2v) is 7.83. The Kier molecular flexibility index (Phi) is 4.93. The van der Waals surface area contributed by atoms with Gasteiger partial charge in [0.25, 0.3) is 11.6 Å². The molecule has 13 nitrogen and oxygen atoms in total. The number of carbonyl (C=O) groups is 2. The van der Waals surface area contributed by atoms with Crippen molar-refractivity contribution in [1.82, 2.24) is 25.0 Å². The first-order valence-corrected chi connectivity index (χ1v) is 10.1. The van der Waals surface area contributed by atoms with Crippen LogP contribution in [0.15, 0.2) is 40.9 Å². The molecule has 2 aromatic carbocycles. The summed E-state index contributed by atoms with van der Waals surface area (Å²) in [6.45, 7) is 0.272. The zero-order chi connectivity index (χ0) is 24.0. The van der Waals surface area contributed by atoms with Crippen molar-refractivity contribution in [3.63, 3.8) is 0 Å². The molecule has 13 heteroatoms. The number of imidazole rings is 1. The number of non-ortho nitro benzene ring substituents is 1. The Labute approximate surface area is 190 Å². The van der Waals surface area contributed by atoms with E-state index in [2.05, 4.69) is 25.4 Å². The van der Waals surface area contributed by atoms with Crippen molar-refractivity contribution in [3.05, 3.63) is 52.1 Å². The number of hydrogen-bond acceptors (Lipinski definition) is 9.